The number of alkyl halides is 5. The summed E-state index contributed by atoms with van der Waals surface area (Å²) in [6, 6.07) is 12.6. The van der Waals surface area contributed by atoms with Crippen LogP contribution < -0.4 is 4.74 Å². The number of fused-ring (bicyclic) bond motifs is 1. The summed E-state index contributed by atoms with van der Waals surface area (Å²) >= 11 is 0. The molecule has 1 saturated heterocycles. The third-order valence-corrected chi connectivity index (χ3v) is 10.2. The van der Waals surface area contributed by atoms with Crippen molar-refractivity contribution in [2.75, 3.05) is 57.4 Å². The lowest BCUT2D eigenvalue weighted by atomic mass is 9.66. The Kier molecular flexibility index (Phi) is 11.0. The number of ether oxygens (including phenoxy) is 1. The highest BCUT2D eigenvalue weighted by atomic mass is 32.2. The van der Waals surface area contributed by atoms with E-state index in [2.05, 4.69) is 16.7 Å². The number of phenolic OH excluding ortho intramolecular Hbond substituents is 2. The standard InChI is InChI=1S/C31H41F5N2O4S/c1-29(23-6-8-24(39)9-7-23)22-42-28-21-25(40)10-11-26(28)27(29)5-2-13-37-15-17-38(18-16-37)14-4-20-43(41)19-3-12-30(32,33)31(34,35)36/h6-11,21,27,39-40H,2-5,12-20,22H2,1H3. The van der Waals surface area contributed by atoms with E-state index in [0.29, 0.717) is 24.5 Å². The molecule has 0 saturated carbocycles. The number of nitrogens with zero attached hydrogens (tertiary/aromatic N) is 2. The lowest BCUT2D eigenvalue weighted by Crippen LogP contribution is -2.47. The van der Waals surface area contributed by atoms with Crippen LogP contribution in [-0.2, 0) is 16.2 Å². The van der Waals surface area contributed by atoms with E-state index >= 15 is 0 Å². The molecule has 2 aliphatic heterocycles. The topological polar surface area (TPSA) is 73.2 Å². The molecule has 2 heterocycles. The second-order valence-corrected chi connectivity index (χ2v) is 13.6. The van der Waals surface area contributed by atoms with E-state index in [9.17, 15) is 36.4 Å². The first-order valence-corrected chi connectivity index (χ1v) is 16.3. The minimum absolute atomic E-state index is 0.149. The van der Waals surface area contributed by atoms with Crippen molar-refractivity contribution in [2.24, 2.45) is 0 Å². The quantitative estimate of drug-likeness (QED) is 0.262. The molecule has 0 spiro atoms. The fraction of sp³-hybridized carbons (Fsp3) is 0.613. The van der Waals surface area contributed by atoms with Gasteiger partial charge < -0.3 is 24.7 Å². The molecule has 2 aromatic carbocycles. The Morgan fingerprint density at radius 3 is 2.09 bits per heavy atom. The van der Waals surface area contributed by atoms with Gasteiger partial charge in [0.05, 0.1) is 6.61 Å². The summed E-state index contributed by atoms with van der Waals surface area (Å²) in [7, 11) is -1.41. The van der Waals surface area contributed by atoms with Gasteiger partial charge >= 0.3 is 12.1 Å². The Bertz CT molecular complexity index is 1220. The van der Waals surface area contributed by atoms with Crippen LogP contribution in [0.25, 0.3) is 0 Å². The van der Waals surface area contributed by atoms with Crippen LogP contribution in [-0.4, -0.2) is 93.7 Å². The predicted octanol–water partition coefficient (Wildman–Crippen LogP) is 6.05. The van der Waals surface area contributed by atoms with Gasteiger partial charge in [0, 0.05) is 72.3 Å². The molecule has 0 radical (unpaired) electrons. The molecule has 0 amide bonds. The minimum atomic E-state index is -5.56. The molecule has 12 heteroatoms. The van der Waals surface area contributed by atoms with Gasteiger partial charge in [0.15, 0.2) is 0 Å². The SMILES string of the molecule is CC1(c2ccc(O)cc2)COc2cc(O)ccc2C1CCCN1CCN(CCCS(=O)CCCC(F)(F)C(F)(F)F)CC1. The summed E-state index contributed by atoms with van der Waals surface area (Å²) < 4.78 is 81.0. The first kappa shape index (κ1) is 33.5. The Morgan fingerprint density at radius 1 is 0.884 bits per heavy atom. The smallest absolute Gasteiger partial charge is 0.453 e. The van der Waals surface area contributed by atoms with Crippen LogP contribution in [0.3, 0.4) is 0 Å². The Balaban J connectivity index is 1.21. The van der Waals surface area contributed by atoms with Gasteiger partial charge in [0.1, 0.15) is 17.2 Å². The second kappa shape index (κ2) is 14.1. The number of piperazine rings is 1. The van der Waals surface area contributed by atoms with Crippen molar-refractivity contribution in [3.05, 3.63) is 53.6 Å². The monoisotopic (exact) mass is 632 g/mol. The van der Waals surface area contributed by atoms with Crippen LogP contribution >= 0.6 is 0 Å². The molecule has 0 bridgehead atoms. The Labute approximate surface area is 252 Å². The van der Waals surface area contributed by atoms with Gasteiger partial charge in [-0.1, -0.05) is 25.1 Å². The molecule has 2 N–H and O–H groups in total. The van der Waals surface area contributed by atoms with E-state index in [1.807, 2.05) is 18.2 Å². The highest BCUT2D eigenvalue weighted by Gasteiger charge is 2.56. The fourth-order valence-electron chi connectivity index (χ4n) is 6.11. The molecule has 6 nitrogen and oxygen atoms in total. The zero-order valence-corrected chi connectivity index (χ0v) is 25.2. The maximum Gasteiger partial charge on any atom is 0.453 e. The van der Waals surface area contributed by atoms with Crippen molar-refractivity contribution in [3.8, 4) is 17.2 Å². The van der Waals surface area contributed by atoms with Crippen LogP contribution in [0.2, 0.25) is 0 Å². The average molecular weight is 633 g/mol. The van der Waals surface area contributed by atoms with Crippen molar-refractivity contribution in [3.63, 3.8) is 0 Å². The number of halogens is 5. The summed E-state index contributed by atoms with van der Waals surface area (Å²) in [6.45, 7) is 7.79. The Morgan fingerprint density at radius 2 is 1.47 bits per heavy atom. The first-order valence-electron chi connectivity index (χ1n) is 14.8. The molecular formula is C31H41F5N2O4S. The van der Waals surface area contributed by atoms with Gasteiger partial charge in [-0.15, -0.1) is 0 Å². The zero-order chi connectivity index (χ0) is 31.3. The van der Waals surface area contributed by atoms with Crippen LogP contribution in [0.15, 0.2) is 42.5 Å². The van der Waals surface area contributed by atoms with Crippen LogP contribution in [0.5, 0.6) is 17.2 Å². The molecule has 0 aromatic heterocycles. The summed E-state index contributed by atoms with van der Waals surface area (Å²) in [6.07, 6.45) is -4.83. The first-order chi connectivity index (χ1) is 20.3. The van der Waals surface area contributed by atoms with Crippen LogP contribution in [0.4, 0.5) is 22.0 Å². The minimum Gasteiger partial charge on any atom is -0.508 e. The maximum atomic E-state index is 13.0. The summed E-state index contributed by atoms with van der Waals surface area (Å²) in [5, 5.41) is 19.8. The molecule has 3 atom stereocenters. The zero-order valence-electron chi connectivity index (χ0n) is 24.4. The van der Waals surface area contributed by atoms with Gasteiger partial charge in [-0.25, -0.2) is 0 Å². The molecule has 3 unspecified atom stereocenters. The van der Waals surface area contributed by atoms with Crippen LogP contribution in [0, 0.1) is 0 Å². The number of hydrogen-bond acceptors (Lipinski definition) is 6. The highest BCUT2D eigenvalue weighted by molar-refractivity contribution is 7.84. The van der Waals surface area contributed by atoms with E-state index in [1.54, 1.807) is 24.3 Å². The third-order valence-electron chi connectivity index (χ3n) is 8.75. The molecular weight excluding hydrogens is 591 g/mol. The number of rotatable bonds is 13. The molecule has 240 valence electrons. The van der Waals surface area contributed by atoms with Gasteiger partial charge in [0.2, 0.25) is 0 Å². The average Bonchev–Trinajstić information content (AvgIpc) is 2.95. The molecule has 2 aromatic rings. The number of phenols is 2. The fourth-order valence-corrected chi connectivity index (χ4v) is 7.23. The van der Waals surface area contributed by atoms with Crippen molar-refractivity contribution in [1.29, 1.82) is 0 Å². The second-order valence-electron chi connectivity index (χ2n) is 11.9. The van der Waals surface area contributed by atoms with Crippen LogP contribution in [0.1, 0.15) is 56.1 Å². The van der Waals surface area contributed by atoms with Gasteiger partial charge in [-0.2, -0.15) is 22.0 Å². The van der Waals surface area contributed by atoms with E-state index < -0.39 is 35.7 Å². The highest BCUT2D eigenvalue weighted by Crippen LogP contribution is 2.49. The van der Waals surface area contributed by atoms with E-state index in [4.69, 9.17) is 4.74 Å². The van der Waals surface area contributed by atoms with E-state index in [0.717, 1.165) is 63.2 Å². The largest absolute Gasteiger partial charge is 0.508 e. The summed E-state index contributed by atoms with van der Waals surface area (Å²) in [4.78, 5) is 4.69. The molecule has 2 aliphatic rings. The lowest BCUT2D eigenvalue weighted by Gasteiger charge is -2.43. The van der Waals surface area contributed by atoms with Crippen molar-refractivity contribution < 1.29 is 41.1 Å². The van der Waals surface area contributed by atoms with Gasteiger partial charge in [-0.3, -0.25) is 4.21 Å². The molecule has 4 rings (SSSR count). The molecule has 1 fully saturated rings. The van der Waals surface area contributed by atoms with Crippen molar-refractivity contribution in [2.45, 2.75) is 62.5 Å². The normalized spacial score (nSPS) is 22.6. The van der Waals surface area contributed by atoms with Gasteiger partial charge in [-0.05, 0) is 68.1 Å². The summed E-state index contributed by atoms with van der Waals surface area (Å²) in [5.74, 6) is -3.35. The maximum absolute atomic E-state index is 13.0. The Hall–Kier alpha value is -2.44. The number of aromatic hydroxyl groups is 2. The van der Waals surface area contributed by atoms with E-state index in [1.165, 1.54) is 0 Å². The molecule has 43 heavy (non-hydrogen) atoms. The predicted molar refractivity (Wildman–Crippen MR) is 157 cm³/mol. The van der Waals surface area contributed by atoms with Crippen molar-refractivity contribution in [1.82, 2.24) is 9.80 Å². The summed E-state index contributed by atoms with van der Waals surface area (Å²) in [5.41, 5.74) is 1.84. The van der Waals surface area contributed by atoms with E-state index in [-0.39, 0.29) is 28.6 Å². The number of benzene rings is 2. The molecule has 0 aliphatic carbocycles. The van der Waals surface area contributed by atoms with Crippen molar-refractivity contribution >= 4 is 10.8 Å². The number of hydrogen-bond donors (Lipinski definition) is 2. The lowest BCUT2D eigenvalue weighted by molar-refractivity contribution is -0.284. The van der Waals surface area contributed by atoms with Gasteiger partial charge in [0.25, 0.3) is 0 Å². The third kappa shape index (κ3) is 8.60.